The van der Waals surface area contributed by atoms with Crippen LogP contribution in [0.5, 0.6) is 0 Å². The molecule has 5 nitrogen and oxygen atoms in total. The zero-order chi connectivity index (χ0) is 17.9. The Bertz CT molecular complexity index is 879. The Kier molecular flexibility index (Phi) is 5.23. The van der Waals surface area contributed by atoms with Gasteiger partial charge in [-0.3, -0.25) is 4.79 Å². The quantitative estimate of drug-likeness (QED) is 0.869. The zero-order valence-corrected chi connectivity index (χ0v) is 14.5. The number of hydrogen-bond donors (Lipinski definition) is 2. The summed E-state index contributed by atoms with van der Waals surface area (Å²) < 4.78 is 37.2. The SMILES string of the molecule is Cc1ccc(C)c(NC(=O)CNc2cccc(S(C)(=O)=O)c2F)c1. The van der Waals surface area contributed by atoms with E-state index in [0.717, 1.165) is 17.4 Å². The average molecular weight is 350 g/mol. The van der Waals surface area contributed by atoms with Crippen molar-refractivity contribution in [3.05, 3.63) is 53.3 Å². The van der Waals surface area contributed by atoms with Crippen LogP contribution in [-0.4, -0.2) is 27.1 Å². The van der Waals surface area contributed by atoms with Crippen LogP contribution in [0.1, 0.15) is 11.1 Å². The van der Waals surface area contributed by atoms with Gasteiger partial charge in [0.1, 0.15) is 4.90 Å². The van der Waals surface area contributed by atoms with Gasteiger partial charge in [-0.15, -0.1) is 0 Å². The van der Waals surface area contributed by atoms with Crippen LogP contribution in [0, 0.1) is 19.7 Å². The number of benzene rings is 2. The smallest absolute Gasteiger partial charge is 0.243 e. The van der Waals surface area contributed by atoms with Crippen molar-refractivity contribution in [2.75, 3.05) is 23.4 Å². The Morgan fingerprint density at radius 2 is 1.83 bits per heavy atom. The molecule has 7 heteroatoms. The monoisotopic (exact) mass is 350 g/mol. The first-order chi connectivity index (χ1) is 11.2. The maximum absolute atomic E-state index is 14.2. The highest BCUT2D eigenvalue weighted by atomic mass is 32.2. The molecule has 0 unspecified atom stereocenters. The Labute approximate surface area is 140 Å². The van der Waals surface area contributed by atoms with E-state index in [1.807, 2.05) is 32.0 Å². The molecular formula is C17H19FN2O3S. The fourth-order valence-corrected chi connectivity index (χ4v) is 2.94. The molecule has 0 aliphatic rings. The number of amides is 1. The number of hydrogen-bond acceptors (Lipinski definition) is 4. The van der Waals surface area contributed by atoms with Crippen molar-refractivity contribution in [1.82, 2.24) is 0 Å². The lowest BCUT2D eigenvalue weighted by atomic mass is 10.1. The van der Waals surface area contributed by atoms with Crippen molar-refractivity contribution in [2.45, 2.75) is 18.7 Å². The van der Waals surface area contributed by atoms with Gasteiger partial charge in [0.2, 0.25) is 5.91 Å². The third-order valence-corrected chi connectivity index (χ3v) is 4.58. The zero-order valence-electron chi connectivity index (χ0n) is 13.7. The number of rotatable bonds is 5. The van der Waals surface area contributed by atoms with Gasteiger partial charge in [0.25, 0.3) is 0 Å². The largest absolute Gasteiger partial charge is 0.374 e. The molecule has 0 saturated heterocycles. The molecule has 1 amide bonds. The van der Waals surface area contributed by atoms with E-state index in [2.05, 4.69) is 10.6 Å². The summed E-state index contributed by atoms with van der Waals surface area (Å²) in [5.41, 5.74) is 2.58. The number of sulfone groups is 1. The van der Waals surface area contributed by atoms with Crippen molar-refractivity contribution >= 4 is 27.1 Å². The minimum absolute atomic E-state index is 0.0333. The third-order valence-electron chi connectivity index (χ3n) is 3.47. The van der Waals surface area contributed by atoms with E-state index in [-0.39, 0.29) is 18.1 Å². The molecule has 0 heterocycles. The molecule has 0 spiro atoms. The molecule has 0 aliphatic carbocycles. The van der Waals surface area contributed by atoms with Crippen LogP contribution in [-0.2, 0) is 14.6 Å². The van der Waals surface area contributed by atoms with E-state index in [4.69, 9.17) is 0 Å². The summed E-state index contributed by atoms with van der Waals surface area (Å²) >= 11 is 0. The maximum atomic E-state index is 14.2. The van der Waals surface area contributed by atoms with Gasteiger partial charge in [-0.1, -0.05) is 18.2 Å². The van der Waals surface area contributed by atoms with Gasteiger partial charge >= 0.3 is 0 Å². The summed E-state index contributed by atoms with van der Waals surface area (Å²) in [6.07, 6.45) is 0.933. The minimum atomic E-state index is -3.67. The molecule has 2 rings (SSSR count). The van der Waals surface area contributed by atoms with Crippen LogP contribution in [0.2, 0.25) is 0 Å². The van der Waals surface area contributed by atoms with E-state index in [1.54, 1.807) is 0 Å². The molecule has 2 aromatic rings. The second-order valence-corrected chi connectivity index (χ2v) is 7.59. The van der Waals surface area contributed by atoms with Crippen molar-refractivity contribution in [1.29, 1.82) is 0 Å². The van der Waals surface area contributed by atoms with E-state index >= 15 is 0 Å². The molecule has 24 heavy (non-hydrogen) atoms. The van der Waals surface area contributed by atoms with Crippen LogP contribution in [0.4, 0.5) is 15.8 Å². The minimum Gasteiger partial charge on any atom is -0.374 e. The topological polar surface area (TPSA) is 75.3 Å². The lowest BCUT2D eigenvalue weighted by molar-refractivity contribution is -0.114. The number of carbonyl (C=O) groups excluding carboxylic acids is 1. The highest BCUT2D eigenvalue weighted by molar-refractivity contribution is 7.90. The molecule has 0 aromatic heterocycles. The molecule has 0 saturated carbocycles. The third kappa shape index (κ3) is 4.32. The molecule has 2 aromatic carbocycles. The lowest BCUT2D eigenvalue weighted by Crippen LogP contribution is -2.23. The molecule has 0 bridgehead atoms. The first-order valence-corrected chi connectivity index (χ1v) is 9.17. The number of aryl methyl sites for hydroxylation is 2. The number of halogens is 1. The molecule has 0 atom stereocenters. The first kappa shape index (κ1) is 17.9. The number of anilines is 2. The van der Waals surface area contributed by atoms with E-state index in [1.165, 1.54) is 18.2 Å². The van der Waals surface area contributed by atoms with Crippen molar-refractivity contribution in [3.8, 4) is 0 Å². The highest BCUT2D eigenvalue weighted by Crippen LogP contribution is 2.22. The van der Waals surface area contributed by atoms with Gasteiger partial charge in [0.05, 0.1) is 12.2 Å². The molecule has 0 radical (unpaired) electrons. The summed E-state index contributed by atoms with van der Waals surface area (Å²) in [6, 6.07) is 9.67. The van der Waals surface area contributed by atoms with Crippen molar-refractivity contribution in [2.24, 2.45) is 0 Å². The summed E-state index contributed by atoms with van der Waals surface area (Å²) in [6.45, 7) is 3.61. The number of nitrogens with one attached hydrogen (secondary N) is 2. The van der Waals surface area contributed by atoms with E-state index in [9.17, 15) is 17.6 Å². The van der Waals surface area contributed by atoms with Gasteiger partial charge in [0.15, 0.2) is 15.7 Å². The second-order valence-electron chi connectivity index (χ2n) is 5.61. The second kappa shape index (κ2) is 7.00. The van der Waals surface area contributed by atoms with Crippen molar-refractivity contribution in [3.63, 3.8) is 0 Å². The summed E-state index contributed by atoms with van der Waals surface area (Å²) in [5, 5.41) is 5.37. The van der Waals surface area contributed by atoms with Crippen LogP contribution >= 0.6 is 0 Å². The molecule has 2 N–H and O–H groups in total. The molecule has 0 aliphatic heterocycles. The summed E-state index contributed by atoms with van der Waals surface area (Å²) in [5.74, 6) is -1.24. The highest BCUT2D eigenvalue weighted by Gasteiger charge is 2.17. The lowest BCUT2D eigenvalue weighted by Gasteiger charge is -2.12. The molecule has 0 fully saturated rings. The van der Waals surface area contributed by atoms with E-state index < -0.39 is 20.5 Å². The standard InChI is InChI=1S/C17H19FN2O3S/c1-11-7-8-12(2)14(9-11)20-16(21)10-19-13-5-4-6-15(17(13)18)24(3,22)23/h4-9,19H,10H2,1-3H3,(H,20,21). The summed E-state index contributed by atoms with van der Waals surface area (Å²) in [7, 11) is -3.67. The number of carbonyl (C=O) groups is 1. The van der Waals surface area contributed by atoms with Crippen LogP contribution in [0.15, 0.2) is 41.3 Å². The fraction of sp³-hybridized carbons (Fsp3) is 0.235. The van der Waals surface area contributed by atoms with Gasteiger partial charge in [0, 0.05) is 11.9 Å². The fourth-order valence-electron chi connectivity index (χ4n) is 2.17. The Morgan fingerprint density at radius 3 is 2.50 bits per heavy atom. The van der Waals surface area contributed by atoms with Crippen LogP contribution in [0.25, 0.3) is 0 Å². The molecule has 128 valence electrons. The Morgan fingerprint density at radius 1 is 1.12 bits per heavy atom. The Hall–Kier alpha value is -2.41. The predicted molar refractivity (Wildman–Crippen MR) is 92.5 cm³/mol. The van der Waals surface area contributed by atoms with Crippen molar-refractivity contribution < 1.29 is 17.6 Å². The van der Waals surface area contributed by atoms with E-state index in [0.29, 0.717) is 5.69 Å². The normalized spacial score (nSPS) is 11.2. The van der Waals surface area contributed by atoms with Gasteiger partial charge in [-0.05, 0) is 43.2 Å². The maximum Gasteiger partial charge on any atom is 0.243 e. The van der Waals surface area contributed by atoms with Gasteiger partial charge < -0.3 is 10.6 Å². The average Bonchev–Trinajstić information content (AvgIpc) is 2.49. The van der Waals surface area contributed by atoms with Crippen LogP contribution in [0.3, 0.4) is 0 Å². The first-order valence-electron chi connectivity index (χ1n) is 7.28. The predicted octanol–water partition coefficient (Wildman–Crippen LogP) is 2.90. The van der Waals surface area contributed by atoms with Crippen LogP contribution < -0.4 is 10.6 Å². The van der Waals surface area contributed by atoms with Gasteiger partial charge in [-0.25, -0.2) is 12.8 Å². The Balaban J connectivity index is 2.09. The molecular weight excluding hydrogens is 331 g/mol. The van der Waals surface area contributed by atoms with Gasteiger partial charge in [-0.2, -0.15) is 0 Å². The summed E-state index contributed by atoms with van der Waals surface area (Å²) in [4.78, 5) is 11.6.